The first-order chi connectivity index (χ1) is 13.3. The van der Waals surface area contributed by atoms with Crippen LogP contribution >= 0.6 is 0 Å². The number of hydrogen-bond acceptors (Lipinski definition) is 2. The van der Waals surface area contributed by atoms with Crippen molar-refractivity contribution >= 4 is 16.9 Å². The Bertz CT molecular complexity index is 677. The number of rotatable bonds is 14. The fourth-order valence-electron chi connectivity index (χ4n) is 3.58. The molecule has 0 unspecified atom stereocenters. The fraction of sp³-hybridized carbons (Fsp3) is 0.652. The van der Waals surface area contributed by atoms with E-state index in [4.69, 9.17) is 4.98 Å². The first kappa shape index (κ1) is 21.5. The van der Waals surface area contributed by atoms with Gasteiger partial charge in [0.25, 0.3) is 0 Å². The zero-order valence-corrected chi connectivity index (χ0v) is 17.3. The molecule has 4 heteroatoms. The van der Waals surface area contributed by atoms with E-state index in [2.05, 4.69) is 35.0 Å². The molecule has 0 spiro atoms. The van der Waals surface area contributed by atoms with Gasteiger partial charge in [0.15, 0.2) is 0 Å². The number of aromatic nitrogens is 2. The Balaban J connectivity index is 1.82. The molecule has 0 radical (unpaired) electrons. The lowest BCUT2D eigenvalue weighted by molar-refractivity contribution is -0.121. The molecule has 0 atom stereocenters. The number of carbonyl (C=O) groups excluding carboxylic acids is 1. The molecule has 2 rings (SSSR count). The van der Waals surface area contributed by atoms with Gasteiger partial charge in [0.05, 0.1) is 17.6 Å². The number of carbonyl (C=O) groups is 1. The zero-order chi connectivity index (χ0) is 19.3. The Morgan fingerprint density at radius 2 is 1.59 bits per heavy atom. The van der Waals surface area contributed by atoms with Gasteiger partial charge in [0.2, 0.25) is 5.91 Å². The molecule has 0 aliphatic carbocycles. The molecular weight excluding hydrogens is 334 g/mol. The molecule has 1 amide bonds. The minimum Gasteiger partial charge on any atom is -0.349 e. The first-order valence-corrected chi connectivity index (χ1v) is 11.0. The van der Waals surface area contributed by atoms with Gasteiger partial charge in [0.1, 0.15) is 5.82 Å². The summed E-state index contributed by atoms with van der Waals surface area (Å²) in [6.45, 7) is 5.79. The van der Waals surface area contributed by atoms with Gasteiger partial charge in [-0.15, -0.1) is 0 Å². The Morgan fingerprint density at radius 1 is 0.926 bits per heavy atom. The summed E-state index contributed by atoms with van der Waals surface area (Å²) in [5.74, 6) is 1.08. The topological polar surface area (TPSA) is 46.9 Å². The van der Waals surface area contributed by atoms with Gasteiger partial charge in [-0.3, -0.25) is 4.79 Å². The number of aryl methyl sites for hydroxylation is 1. The highest BCUT2D eigenvalue weighted by atomic mass is 16.1. The maximum absolute atomic E-state index is 11.8. The van der Waals surface area contributed by atoms with Crippen molar-refractivity contribution in [3.05, 3.63) is 30.1 Å². The minimum atomic E-state index is 0.110. The second-order valence-corrected chi connectivity index (χ2v) is 7.52. The Kier molecular flexibility index (Phi) is 9.96. The van der Waals surface area contributed by atoms with Crippen LogP contribution in [0.3, 0.4) is 0 Å². The molecule has 150 valence electrons. The van der Waals surface area contributed by atoms with Gasteiger partial charge in [-0.05, 0) is 25.0 Å². The number of nitrogens with one attached hydrogen (secondary N) is 1. The lowest BCUT2D eigenvalue weighted by atomic mass is 10.1. The van der Waals surface area contributed by atoms with E-state index in [9.17, 15) is 4.79 Å². The standard InChI is InChI=1S/C23H37N3O/c1-3-5-6-7-8-9-10-11-14-18-26-21-17-13-12-16-20(21)25-22(26)19-24-23(27)15-4-2/h12-13,16-17H,3-11,14-15,18-19H2,1-2H3,(H,24,27). The monoisotopic (exact) mass is 371 g/mol. The number of fused-ring (bicyclic) bond motifs is 1. The minimum absolute atomic E-state index is 0.110. The van der Waals surface area contributed by atoms with Crippen molar-refractivity contribution in [2.24, 2.45) is 0 Å². The second kappa shape index (κ2) is 12.5. The third kappa shape index (κ3) is 7.36. The van der Waals surface area contributed by atoms with Crippen LogP contribution in [0.4, 0.5) is 0 Å². The molecule has 0 bridgehead atoms. The summed E-state index contributed by atoms with van der Waals surface area (Å²) >= 11 is 0. The molecule has 0 aliphatic rings. The molecule has 4 nitrogen and oxygen atoms in total. The normalized spacial score (nSPS) is 11.2. The van der Waals surface area contributed by atoms with E-state index in [-0.39, 0.29) is 5.91 Å². The Labute approximate surface area is 164 Å². The summed E-state index contributed by atoms with van der Waals surface area (Å²) in [6.07, 6.45) is 13.4. The summed E-state index contributed by atoms with van der Waals surface area (Å²) in [5.41, 5.74) is 2.20. The molecule has 1 N–H and O–H groups in total. The van der Waals surface area contributed by atoms with Crippen LogP contribution < -0.4 is 5.32 Å². The average molecular weight is 372 g/mol. The van der Waals surface area contributed by atoms with E-state index in [0.29, 0.717) is 13.0 Å². The third-order valence-electron chi connectivity index (χ3n) is 5.14. The molecule has 0 saturated heterocycles. The van der Waals surface area contributed by atoms with Crippen molar-refractivity contribution in [1.29, 1.82) is 0 Å². The predicted octanol–water partition coefficient (Wildman–Crippen LogP) is 5.98. The molecular formula is C23H37N3O. The Morgan fingerprint density at radius 3 is 2.30 bits per heavy atom. The predicted molar refractivity (Wildman–Crippen MR) is 114 cm³/mol. The molecule has 2 aromatic rings. The quantitative estimate of drug-likeness (QED) is 0.415. The van der Waals surface area contributed by atoms with Crippen LogP contribution in [0.1, 0.15) is 90.3 Å². The van der Waals surface area contributed by atoms with Crippen molar-refractivity contribution in [2.75, 3.05) is 0 Å². The van der Waals surface area contributed by atoms with Gasteiger partial charge < -0.3 is 9.88 Å². The van der Waals surface area contributed by atoms with E-state index >= 15 is 0 Å². The lowest BCUT2D eigenvalue weighted by Crippen LogP contribution is -2.24. The maximum Gasteiger partial charge on any atom is 0.220 e. The molecule has 27 heavy (non-hydrogen) atoms. The van der Waals surface area contributed by atoms with Gasteiger partial charge in [-0.25, -0.2) is 4.98 Å². The number of benzene rings is 1. The van der Waals surface area contributed by atoms with Gasteiger partial charge in [-0.1, -0.05) is 77.3 Å². The lowest BCUT2D eigenvalue weighted by Gasteiger charge is -2.10. The van der Waals surface area contributed by atoms with E-state index in [0.717, 1.165) is 24.3 Å². The number of amides is 1. The van der Waals surface area contributed by atoms with Crippen LogP contribution in [0, 0.1) is 0 Å². The highest BCUT2D eigenvalue weighted by Gasteiger charge is 2.11. The van der Waals surface area contributed by atoms with Crippen LogP contribution in [0.5, 0.6) is 0 Å². The Hall–Kier alpha value is -1.84. The highest BCUT2D eigenvalue weighted by molar-refractivity contribution is 5.77. The largest absolute Gasteiger partial charge is 0.349 e. The van der Waals surface area contributed by atoms with Crippen LogP contribution in [0.15, 0.2) is 24.3 Å². The van der Waals surface area contributed by atoms with E-state index in [1.807, 2.05) is 13.0 Å². The van der Waals surface area contributed by atoms with Gasteiger partial charge in [-0.2, -0.15) is 0 Å². The molecule has 1 aromatic heterocycles. The fourth-order valence-corrected chi connectivity index (χ4v) is 3.58. The SMILES string of the molecule is CCCCCCCCCCCn1c(CNC(=O)CCC)nc2ccccc21. The smallest absolute Gasteiger partial charge is 0.220 e. The molecule has 0 saturated carbocycles. The summed E-state index contributed by atoms with van der Waals surface area (Å²) < 4.78 is 2.29. The van der Waals surface area contributed by atoms with Crippen LogP contribution in [0.2, 0.25) is 0 Å². The summed E-state index contributed by atoms with van der Waals surface area (Å²) in [7, 11) is 0. The van der Waals surface area contributed by atoms with Crippen LogP contribution in [0.25, 0.3) is 11.0 Å². The van der Waals surface area contributed by atoms with Crippen molar-refractivity contribution in [2.45, 2.75) is 97.6 Å². The van der Waals surface area contributed by atoms with E-state index < -0.39 is 0 Å². The first-order valence-electron chi connectivity index (χ1n) is 11.0. The van der Waals surface area contributed by atoms with E-state index in [1.165, 1.54) is 63.3 Å². The summed E-state index contributed by atoms with van der Waals surface area (Å²) in [5, 5.41) is 3.01. The number of hydrogen-bond donors (Lipinski definition) is 1. The number of para-hydroxylation sites is 2. The molecule has 0 aliphatic heterocycles. The van der Waals surface area contributed by atoms with Crippen molar-refractivity contribution in [1.82, 2.24) is 14.9 Å². The van der Waals surface area contributed by atoms with E-state index in [1.54, 1.807) is 0 Å². The van der Waals surface area contributed by atoms with Crippen LogP contribution in [-0.2, 0) is 17.9 Å². The highest BCUT2D eigenvalue weighted by Crippen LogP contribution is 2.18. The zero-order valence-electron chi connectivity index (χ0n) is 17.3. The van der Waals surface area contributed by atoms with Gasteiger partial charge in [0, 0.05) is 13.0 Å². The summed E-state index contributed by atoms with van der Waals surface area (Å²) in [4.78, 5) is 16.6. The summed E-state index contributed by atoms with van der Waals surface area (Å²) in [6, 6.07) is 8.28. The van der Waals surface area contributed by atoms with Crippen molar-refractivity contribution < 1.29 is 4.79 Å². The number of unbranched alkanes of at least 4 members (excludes halogenated alkanes) is 8. The maximum atomic E-state index is 11.8. The number of imidazole rings is 1. The number of nitrogens with zero attached hydrogens (tertiary/aromatic N) is 2. The average Bonchev–Trinajstić information content (AvgIpc) is 3.03. The second-order valence-electron chi connectivity index (χ2n) is 7.52. The third-order valence-corrected chi connectivity index (χ3v) is 5.14. The van der Waals surface area contributed by atoms with Crippen LogP contribution in [-0.4, -0.2) is 15.5 Å². The van der Waals surface area contributed by atoms with Crippen molar-refractivity contribution in [3.63, 3.8) is 0 Å². The molecule has 1 aromatic carbocycles. The molecule has 0 fully saturated rings. The van der Waals surface area contributed by atoms with Crippen molar-refractivity contribution in [3.8, 4) is 0 Å². The van der Waals surface area contributed by atoms with Gasteiger partial charge >= 0.3 is 0 Å². The molecule has 1 heterocycles.